The molecule has 3 nitrogen and oxygen atoms in total. The van der Waals surface area contributed by atoms with Gasteiger partial charge >= 0.3 is 0 Å². The Hall–Kier alpha value is -2.34. The van der Waals surface area contributed by atoms with Gasteiger partial charge in [-0.1, -0.05) is 29.5 Å². The summed E-state index contributed by atoms with van der Waals surface area (Å²) >= 11 is 1.43. The van der Waals surface area contributed by atoms with E-state index in [1.165, 1.54) is 29.5 Å². The highest BCUT2D eigenvalue weighted by molar-refractivity contribution is 7.22. The van der Waals surface area contributed by atoms with Crippen molar-refractivity contribution in [1.29, 1.82) is 0 Å². The van der Waals surface area contributed by atoms with Crippen LogP contribution < -0.4 is 5.43 Å². The van der Waals surface area contributed by atoms with Crippen molar-refractivity contribution < 1.29 is 8.78 Å². The number of aromatic nitrogens is 1. The second-order valence-corrected chi connectivity index (χ2v) is 5.42. The number of hydrogen-bond acceptors (Lipinski definition) is 4. The van der Waals surface area contributed by atoms with Gasteiger partial charge in [-0.25, -0.2) is 13.8 Å². The van der Waals surface area contributed by atoms with E-state index in [0.29, 0.717) is 5.13 Å². The Balaban J connectivity index is 1.88. The highest BCUT2D eigenvalue weighted by atomic mass is 32.1. The van der Waals surface area contributed by atoms with Crippen molar-refractivity contribution in [1.82, 2.24) is 4.98 Å². The van der Waals surface area contributed by atoms with Gasteiger partial charge in [-0.05, 0) is 31.2 Å². The molecule has 0 radical (unpaired) electrons. The largest absolute Gasteiger partial charge is 0.252 e. The molecule has 0 amide bonds. The Labute approximate surface area is 124 Å². The molecule has 0 spiro atoms. The zero-order valence-electron chi connectivity index (χ0n) is 11.1. The first-order valence-electron chi connectivity index (χ1n) is 6.25. The fourth-order valence-electron chi connectivity index (χ4n) is 1.95. The van der Waals surface area contributed by atoms with Gasteiger partial charge in [0.15, 0.2) is 0 Å². The van der Waals surface area contributed by atoms with Gasteiger partial charge in [0.1, 0.15) is 11.6 Å². The number of para-hydroxylation sites is 1. The van der Waals surface area contributed by atoms with Gasteiger partial charge in [-0.3, -0.25) is 5.43 Å². The van der Waals surface area contributed by atoms with Crippen LogP contribution in [0.2, 0.25) is 0 Å². The van der Waals surface area contributed by atoms with Crippen molar-refractivity contribution in [3.63, 3.8) is 0 Å². The molecule has 3 aromatic rings. The summed E-state index contributed by atoms with van der Waals surface area (Å²) in [7, 11) is 0. The molecule has 0 aliphatic heterocycles. The summed E-state index contributed by atoms with van der Waals surface area (Å²) in [5, 5.41) is 4.59. The van der Waals surface area contributed by atoms with E-state index < -0.39 is 11.6 Å². The summed E-state index contributed by atoms with van der Waals surface area (Å²) in [5.74, 6) is -1.27. The number of benzene rings is 2. The lowest BCUT2D eigenvalue weighted by molar-refractivity contribution is 0.579. The SMILES string of the molecule is C/C(=N/Nc1nc2ccccc2s1)c1c(F)cccc1F. The van der Waals surface area contributed by atoms with E-state index in [2.05, 4.69) is 15.5 Å². The Morgan fingerprint density at radius 3 is 2.52 bits per heavy atom. The minimum Gasteiger partial charge on any atom is -0.252 e. The molecule has 0 aliphatic rings. The van der Waals surface area contributed by atoms with Gasteiger partial charge in [-0.2, -0.15) is 5.10 Å². The minimum atomic E-state index is -0.637. The van der Waals surface area contributed by atoms with Crippen LogP contribution in [0.25, 0.3) is 10.2 Å². The van der Waals surface area contributed by atoms with Gasteiger partial charge in [0.2, 0.25) is 5.13 Å². The Morgan fingerprint density at radius 1 is 1.10 bits per heavy atom. The van der Waals surface area contributed by atoms with E-state index in [1.54, 1.807) is 6.92 Å². The summed E-state index contributed by atoms with van der Waals surface area (Å²) in [4.78, 5) is 4.34. The number of nitrogens with one attached hydrogen (secondary N) is 1. The average Bonchev–Trinajstić information content (AvgIpc) is 2.87. The molecule has 3 rings (SSSR count). The van der Waals surface area contributed by atoms with E-state index in [0.717, 1.165) is 10.2 Å². The van der Waals surface area contributed by atoms with Crippen LogP contribution in [-0.4, -0.2) is 10.7 Å². The number of nitrogens with zero attached hydrogens (tertiary/aromatic N) is 2. The Kier molecular flexibility index (Phi) is 3.62. The summed E-state index contributed by atoms with van der Waals surface area (Å²) in [6, 6.07) is 11.4. The van der Waals surface area contributed by atoms with E-state index in [1.807, 2.05) is 24.3 Å². The lowest BCUT2D eigenvalue weighted by Gasteiger charge is -2.04. The second-order valence-electron chi connectivity index (χ2n) is 4.39. The highest BCUT2D eigenvalue weighted by Gasteiger charge is 2.11. The molecule has 106 valence electrons. The van der Waals surface area contributed by atoms with Crippen molar-refractivity contribution >= 4 is 32.4 Å². The van der Waals surface area contributed by atoms with Crippen molar-refractivity contribution in [2.45, 2.75) is 6.92 Å². The fraction of sp³-hybridized carbons (Fsp3) is 0.0667. The number of thiazole rings is 1. The van der Waals surface area contributed by atoms with Gasteiger partial charge < -0.3 is 0 Å². The van der Waals surface area contributed by atoms with E-state index in [4.69, 9.17) is 0 Å². The van der Waals surface area contributed by atoms with Gasteiger partial charge in [-0.15, -0.1) is 0 Å². The van der Waals surface area contributed by atoms with Crippen LogP contribution in [0, 0.1) is 11.6 Å². The number of halogens is 2. The molecule has 0 saturated heterocycles. The molecule has 1 heterocycles. The molecular weight excluding hydrogens is 292 g/mol. The third-order valence-corrected chi connectivity index (χ3v) is 3.88. The predicted molar refractivity (Wildman–Crippen MR) is 81.8 cm³/mol. The average molecular weight is 303 g/mol. The Morgan fingerprint density at radius 2 is 1.81 bits per heavy atom. The smallest absolute Gasteiger partial charge is 0.204 e. The van der Waals surface area contributed by atoms with Crippen molar-refractivity contribution in [2.24, 2.45) is 5.10 Å². The number of rotatable bonds is 3. The molecular formula is C15H11F2N3S. The van der Waals surface area contributed by atoms with Crippen LogP contribution in [0.5, 0.6) is 0 Å². The quantitative estimate of drug-likeness (QED) is 0.575. The van der Waals surface area contributed by atoms with Gasteiger partial charge in [0, 0.05) is 0 Å². The molecule has 6 heteroatoms. The number of fused-ring (bicyclic) bond motifs is 1. The van der Waals surface area contributed by atoms with Gasteiger partial charge in [0.05, 0.1) is 21.5 Å². The second kappa shape index (κ2) is 5.57. The predicted octanol–water partition coefficient (Wildman–Crippen LogP) is 4.41. The molecule has 0 aliphatic carbocycles. The standard InChI is InChI=1S/C15H11F2N3S/c1-9(14-10(16)5-4-6-11(14)17)19-20-15-18-12-7-2-3-8-13(12)21-15/h2-8H,1H3,(H,18,20)/b19-9-. The summed E-state index contributed by atoms with van der Waals surface area (Å²) in [6.45, 7) is 1.54. The van der Waals surface area contributed by atoms with Crippen LogP contribution in [0.4, 0.5) is 13.9 Å². The zero-order chi connectivity index (χ0) is 14.8. The molecule has 0 atom stereocenters. The van der Waals surface area contributed by atoms with Crippen LogP contribution in [0.1, 0.15) is 12.5 Å². The Bertz CT molecular complexity index is 773. The number of anilines is 1. The normalized spacial score (nSPS) is 11.9. The molecule has 2 aromatic carbocycles. The van der Waals surface area contributed by atoms with E-state index >= 15 is 0 Å². The molecule has 0 saturated carbocycles. The molecule has 0 unspecified atom stereocenters. The van der Waals surface area contributed by atoms with Crippen LogP contribution in [0.15, 0.2) is 47.6 Å². The molecule has 0 fully saturated rings. The highest BCUT2D eigenvalue weighted by Crippen LogP contribution is 2.25. The van der Waals surface area contributed by atoms with Crippen molar-refractivity contribution in [3.05, 3.63) is 59.7 Å². The van der Waals surface area contributed by atoms with Gasteiger partial charge in [0.25, 0.3) is 0 Å². The van der Waals surface area contributed by atoms with Crippen molar-refractivity contribution in [3.8, 4) is 0 Å². The number of hydrazone groups is 1. The molecule has 21 heavy (non-hydrogen) atoms. The third-order valence-electron chi connectivity index (χ3n) is 2.94. The zero-order valence-corrected chi connectivity index (χ0v) is 11.9. The van der Waals surface area contributed by atoms with Crippen molar-refractivity contribution in [2.75, 3.05) is 5.43 Å². The summed E-state index contributed by atoms with van der Waals surface area (Å²) in [5.41, 5.74) is 3.70. The van der Waals surface area contributed by atoms with E-state index in [-0.39, 0.29) is 11.3 Å². The topological polar surface area (TPSA) is 37.3 Å². The first kappa shape index (κ1) is 13.6. The summed E-state index contributed by atoms with van der Waals surface area (Å²) in [6.07, 6.45) is 0. The lowest BCUT2D eigenvalue weighted by atomic mass is 10.1. The molecule has 1 N–H and O–H groups in total. The maximum atomic E-state index is 13.6. The maximum Gasteiger partial charge on any atom is 0.204 e. The van der Waals surface area contributed by atoms with Crippen LogP contribution >= 0.6 is 11.3 Å². The maximum absolute atomic E-state index is 13.6. The first-order chi connectivity index (χ1) is 10.1. The third kappa shape index (κ3) is 2.75. The lowest BCUT2D eigenvalue weighted by Crippen LogP contribution is -2.05. The fourth-order valence-corrected chi connectivity index (χ4v) is 2.76. The minimum absolute atomic E-state index is 0.133. The first-order valence-corrected chi connectivity index (χ1v) is 7.07. The monoisotopic (exact) mass is 303 g/mol. The van der Waals surface area contributed by atoms with E-state index in [9.17, 15) is 8.78 Å². The molecule has 0 bridgehead atoms. The molecule has 1 aromatic heterocycles. The summed E-state index contributed by atoms with van der Waals surface area (Å²) < 4.78 is 28.3. The van der Waals surface area contributed by atoms with Crippen LogP contribution in [0.3, 0.4) is 0 Å². The van der Waals surface area contributed by atoms with Crippen LogP contribution in [-0.2, 0) is 0 Å². The number of hydrogen-bond donors (Lipinski definition) is 1.